The van der Waals surface area contributed by atoms with Crippen LogP contribution >= 0.6 is 0 Å². The second-order valence-corrected chi connectivity index (χ2v) is 8.47. The number of carbonyl (C=O) groups is 2. The predicted octanol–water partition coefficient (Wildman–Crippen LogP) is 4.61. The molecule has 0 amide bonds. The van der Waals surface area contributed by atoms with E-state index >= 15 is 0 Å². The molecule has 36 heavy (non-hydrogen) atoms. The van der Waals surface area contributed by atoms with Crippen LogP contribution in [0.3, 0.4) is 0 Å². The van der Waals surface area contributed by atoms with Crippen LogP contribution in [0.15, 0.2) is 97.1 Å². The van der Waals surface area contributed by atoms with Crippen LogP contribution in [-0.4, -0.2) is 41.6 Å². The largest absolute Gasteiger partial charge is 0.292 e. The minimum absolute atomic E-state index is 0.0428. The first-order valence-corrected chi connectivity index (χ1v) is 11.5. The minimum Gasteiger partial charge on any atom is -0.292 e. The van der Waals surface area contributed by atoms with E-state index in [4.69, 9.17) is 0 Å². The summed E-state index contributed by atoms with van der Waals surface area (Å²) < 4.78 is 3.23. The van der Waals surface area contributed by atoms with Crippen LogP contribution in [-0.2, 0) is 13.1 Å². The van der Waals surface area contributed by atoms with E-state index in [2.05, 4.69) is 20.6 Å². The van der Waals surface area contributed by atoms with E-state index in [0.29, 0.717) is 11.1 Å². The molecular weight excluding hydrogens is 452 g/mol. The first-order chi connectivity index (χ1) is 17.7. The van der Waals surface area contributed by atoms with Gasteiger partial charge in [0.05, 0.1) is 11.0 Å². The lowest BCUT2D eigenvalue weighted by Crippen LogP contribution is -2.12. The standard InChI is InChI=1S/C28H20N6O2/c35-27(17-33-25-7-3-1-5-23(25)29-31-33)21-13-9-19(10-14-21)20-11-15-22(16-12-20)28(36)18-34-26-8-4-2-6-24(26)30-32-34/h1-16H,17-18H2. The molecular formula is C28H20N6O2. The summed E-state index contributed by atoms with van der Waals surface area (Å²) in [6, 6.07) is 30.0. The van der Waals surface area contributed by atoms with Crippen molar-refractivity contribution in [2.45, 2.75) is 13.1 Å². The normalized spacial score (nSPS) is 11.2. The van der Waals surface area contributed by atoms with Crippen LogP contribution in [0, 0.1) is 0 Å². The van der Waals surface area contributed by atoms with Gasteiger partial charge in [0, 0.05) is 11.1 Å². The summed E-state index contributed by atoms with van der Waals surface area (Å²) >= 11 is 0. The minimum atomic E-state index is -0.0428. The van der Waals surface area contributed by atoms with Crippen molar-refractivity contribution in [1.82, 2.24) is 30.0 Å². The van der Waals surface area contributed by atoms with Gasteiger partial charge < -0.3 is 0 Å². The maximum absolute atomic E-state index is 12.8. The Hall–Kier alpha value is -4.98. The number of fused-ring (bicyclic) bond motifs is 2. The molecule has 0 atom stereocenters. The fourth-order valence-corrected chi connectivity index (χ4v) is 4.22. The Morgan fingerprint density at radius 2 is 0.917 bits per heavy atom. The van der Waals surface area contributed by atoms with E-state index in [1.165, 1.54) is 0 Å². The van der Waals surface area contributed by atoms with Crippen molar-refractivity contribution in [3.8, 4) is 11.1 Å². The van der Waals surface area contributed by atoms with Crippen LogP contribution in [0.25, 0.3) is 33.2 Å². The summed E-state index contributed by atoms with van der Waals surface area (Å²) in [5, 5.41) is 16.4. The third-order valence-corrected chi connectivity index (χ3v) is 6.17. The first-order valence-electron chi connectivity index (χ1n) is 11.5. The van der Waals surface area contributed by atoms with Gasteiger partial charge in [0.1, 0.15) is 24.1 Å². The average Bonchev–Trinajstić information content (AvgIpc) is 3.53. The summed E-state index contributed by atoms with van der Waals surface area (Å²) in [4.78, 5) is 25.6. The number of carbonyl (C=O) groups excluding carboxylic acids is 2. The molecule has 0 bridgehead atoms. The smallest absolute Gasteiger partial charge is 0.184 e. The molecule has 0 aliphatic heterocycles. The van der Waals surface area contributed by atoms with E-state index in [9.17, 15) is 9.59 Å². The van der Waals surface area contributed by atoms with E-state index in [1.54, 1.807) is 9.36 Å². The fraction of sp³-hybridized carbons (Fsp3) is 0.0714. The third kappa shape index (κ3) is 4.05. The summed E-state index contributed by atoms with van der Waals surface area (Å²) in [7, 11) is 0. The number of aromatic nitrogens is 6. The molecule has 0 saturated carbocycles. The van der Waals surface area contributed by atoms with Gasteiger partial charge in [-0.3, -0.25) is 9.59 Å². The molecule has 4 aromatic carbocycles. The van der Waals surface area contributed by atoms with Gasteiger partial charge in [0.15, 0.2) is 11.6 Å². The van der Waals surface area contributed by atoms with Gasteiger partial charge in [-0.25, -0.2) is 9.36 Å². The van der Waals surface area contributed by atoms with Crippen LogP contribution in [0.5, 0.6) is 0 Å². The molecule has 0 saturated heterocycles. The van der Waals surface area contributed by atoms with Gasteiger partial charge in [0.25, 0.3) is 0 Å². The number of hydrogen-bond donors (Lipinski definition) is 0. The highest BCUT2D eigenvalue weighted by Gasteiger charge is 2.13. The van der Waals surface area contributed by atoms with Crippen LogP contribution in [0.2, 0.25) is 0 Å². The number of ketones is 2. The van der Waals surface area contributed by atoms with Crippen molar-refractivity contribution in [2.24, 2.45) is 0 Å². The molecule has 2 aromatic heterocycles. The van der Waals surface area contributed by atoms with Crippen molar-refractivity contribution in [3.05, 3.63) is 108 Å². The zero-order valence-corrected chi connectivity index (χ0v) is 19.2. The van der Waals surface area contributed by atoms with Gasteiger partial charge in [-0.1, -0.05) is 83.2 Å². The molecule has 0 unspecified atom stereocenters. The van der Waals surface area contributed by atoms with Crippen LogP contribution in [0.4, 0.5) is 0 Å². The average molecular weight is 473 g/mol. The van der Waals surface area contributed by atoms with Crippen molar-refractivity contribution < 1.29 is 9.59 Å². The zero-order chi connectivity index (χ0) is 24.5. The Labute approximate surface area is 205 Å². The highest BCUT2D eigenvalue weighted by molar-refractivity contribution is 5.98. The van der Waals surface area contributed by atoms with Crippen LogP contribution < -0.4 is 0 Å². The molecule has 6 rings (SSSR count). The Bertz CT molecular complexity index is 1590. The molecule has 0 spiro atoms. The molecule has 6 aromatic rings. The van der Waals surface area contributed by atoms with Gasteiger partial charge in [-0.15, -0.1) is 10.2 Å². The molecule has 0 fully saturated rings. The van der Waals surface area contributed by atoms with Gasteiger partial charge in [-0.05, 0) is 35.4 Å². The number of rotatable bonds is 7. The van der Waals surface area contributed by atoms with E-state index in [-0.39, 0.29) is 24.7 Å². The third-order valence-electron chi connectivity index (χ3n) is 6.17. The van der Waals surface area contributed by atoms with E-state index in [1.807, 2.05) is 97.1 Å². The second-order valence-electron chi connectivity index (χ2n) is 8.47. The van der Waals surface area contributed by atoms with E-state index < -0.39 is 0 Å². The molecule has 0 N–H and O–H groups in total. The Balaban J connectivity index is 1.14. The Kier molecular flexibility index (Phi) is 5.38. The molecule has 8 nitrogen and oxygen atoms in total. The molecule has 174 valence electrons. The van der Waals surface area contributed by atoms with Crippen LogP contribution in [0.1, 0.15) is 20.7 Å². The fourth-order valence-electron chi connectivity index (χ4n) is 4.22. The number of nitrogens with zero attached hydrogens (tertiary/aromatic N) is 6. The lowest BCUT2D eigenvalue weighted by atomic mass is 10.0. The predicted molar refractivity (Wildman–Crippen MR) is 136 cm³/mol. The lowest BCUT2D eigenvalue weighted by molar-refractivity contribution is 0.0960. The number of Topliss-reactive ketones (excluding diaryl/α,β-unsaturated/α-hetero) is 2. The molecule has 0 aliphatic rings. The molecule has 2 heterocycles. The lowest BCUT2D eigenvalue weighted by Gasteiger charge is -2.07. The zero-order valence-electron chi connectivity index (χ0n) is 19.2. The topological polar surface area (TPSA) is 95.6 Å². The molecule has 0 radical (unpaired) electrons. The monoisotopic (exact) mass is 472 g/mol. The van der Waals surface area contributed by atoms with Crippen molar-refractivity contribution in [3.63, 3.8) is 0 Å². The summed E-state index contributed by atoms with van der Waals surface area (Å²) in [5.74, 6) is -0.0856. The SMILES string of the molecule is O=C(Cn1nnc2ccccc21)c1ccc(-c2ccc(C(=O)Cn3nnc4ccccc43)cc2)cc1. The quantitative estimate of drug-likeness (QED) is 0.315. The number of hydrogen-bond acceptors (Lipinski definition) is 6. The Morgan fingerprint density at radius 3 is 1.33 bits per heavy atom. The number of benzene rings is 4. The highest BCUT2D eigenvalue weighted by Crippen LogP contribution is 2.22. The van der Waals surface area contributed by atoms with Crippen molar-refractivity contribution >= 4 is 33.6 Å². The summed E-state index contributed by atoms with van der Waals surface area (Å²) in [6.45, 7) is 0.245. The molecule has 0 aliphatic carbocycles. The summed E-state index contributed by atoms with van der Waals surface area (Å²) in [5.41, 5.74) is 6.30. The summed E-state index contributed by atoms with van der Waals surface area (Å²) in [6.07, 6.45) is 0. The Morgan fingerprint density at radius 1 is 0.528 bits per heavy atom. The maximum atomic E-state index is 12.8. The molecule has 8 heteroatoms. The van der Waals surface area contributed by atoms with Gasteiger partial charge in [-0.2, -0.15) is 0 Å². The second kappa shape index (κ2) is 8.99. The number of para-hydroxylation sites is 2. The van der Waals surface area contributed by atoms with E-state index in [0.717, 1.165) is 33.2 Å². The van der Waals surface area contributed by atoms with Gasteiger partial charge in [0.2, 0.25) is 0 Å². The highest BCUT2D eigenvalue weighted by atomic mass is 16.1. The van der Waals surface area contributed by atoms with Gasteiger partial charge >= 0.3 is 0 Å². The van der Waals surface area contributed by atoms with Crippen molar-refractivity contribution in [2.75, 3.05) is 0 Å². The maximum Gasteiger partial charge on any atom is 0.184 e. The van der Waals surface area contributed by atoms with Crippen molar-refractivity contribution in [1.29, 1.82) is 0 Å². The first kappa shape index (κ1) is 21.5.